The van der Waals surface area contributed by atoms with Crippen molar-refractivity contribution in [3.8, 4) is 0 Å². The van der Waals surface area contributed by atoms with Crippen molar-refractivity contribution in [1.82, 2.24) is 0 Å². The lowest BCUT2D eigenvalue weighted by Gasteiger charge is -2.32. The van der Waals surface area contributed by atoms with Crippen molar-refractivity contribution in [1.29, 1.82) is 0 Å². The van der Waals surface area contributed by atoms with Gasteiger partial charge in [-0.2, -0.15) is 0 Å². The van der Waals surface area contributed by atoms with Gasteiger partial charge in [0.1, 0.15) is 22.4 Å². The van der Waals surface area contributed by atoms with Gasteiger partial charge < -0.3 is 38.7 Å². The highest BCUT2D eigenvalue weighted by molar-refractivity contribution is 9.10. The van der Waals surface area contributed by atoms with Gasteiger partial charge in [0.25, 0.3) is 0 Å². The Hall–Kier alpha value is -4.32. The zero-order valence-electron chi connectivity index (χ0n) is 48.6. The van der Waals surface area contributed by atoms with Gasteiger partial charge in [0.15, 0.2) is 0 Å². The molecule has 1 aliphatic rings. The van der Waals surface area contributed by atoms with Crippen molar-refractivity contribution in [3.05, 3.63) is 80.2 Å². The Bertz CT molecular complexity index is 2310. The van der Waals surface area contributed by atoms with E-state index in [9.17, 15) is 19.2 Å². The quantitative estimate of drug-likeness (QED) is 0.0743. The molecule has 4 rings (SSSR count). The highest BCUT2D eigenvalue weighted by atomic mass is 79.9. The molecule has 3 aromatic rings. The first kappa shape index (κ1) is 66.7. The minimum Gasteiger partial charge on any atom is -0.444 e. The minimum absolute atomic E-state index is 0.0614. The summed E-state index contributed by atoms with van der Waals surface area (Å²) in [5.74, 6) is 0. The number of nitrogens with two attached hydrogens (primary N) is 1. The van der Waals surface area contributed by atoms with Crippen LogP contribution in [0.3, 0.4) is 0 Å². The van der Waals surface area contributed by atoms with E-state index in [2.05, 4.69) is 122 Å². The molecule has 1 heterocycles. The first-order valence-electron chi connectivity index (χ1n) is 24.4. The van der Waals surface area contributed by atoms with Gasteiger partial charge in [-0.25, -0.2) is 19.2 Å². The highest BCUT2D eigenvalue weighted by Gasteiger charge is 2.52. The van der Waals surface area contributed by atoms with Crippen LogP contribution in [-0.4, -0.2) is 65.2 Å². The zero-order chi connectivity index (χ0) is 57.3. The summed E-state index contributed by atoms with van der Waals surface area (Å²) in [6.07, 6.45) is -3.01. The van der Waals surface area contributed by atoms with Crippen LogP contribution in [0.15, 0.2) is 63.5 Å². The average Bonchev–Trinajstić information content (AvgIpc) is 3.35. The smallest absolute Gasteiger partial charge is 0.444 e. The molecule has 0 aliphatic carbocycles. The van der Waals surface area contributed by atoms with Crippen LogP contribution in [0.1, 0.15) is 190 Å². The molecule has 0 bridgehead atoms. The number of nitrogens with one attached hydrogen (secondary N) is 2. The van der Waals surface area contributed by atoms with Crippen molar-refractivity contribution >= 4 is 86.0 Å². The Balaban J connectivity index is 0.000000511. The van der Waals surface area contributed by atoms with Gasteiger partial charge in [0.05, 0.1) is 11.2 Å². The third-order valence-electron chi connectivity index (χ3n) is 10.2. The normalized spacial score (nSPS) is 14.6. The van der Waals surface area contributed by atoms with Crippen LogP contribution in [0.2, 0.25) is 0 Å². The monoisotopic (exact) mass is 1150 g/mol. The third-order valence-corrected chi connectivity index (χ3v) is 11.2. The predicted octanol–water partition coefficient (Wildman–Crippen LogP) is 15.9. The van der Waals surface area contributed by atoms with Gasteiger partial charge in [-0.1, -0.05) is 106 Å². The second-order valence-corrected chi connectivity index (χ2v) is 27.7. The molecule has 1 fully saturated rings. The fourth-order valence-corrected chi connectivity index (χ4v) is 7.00. The lowest BCUT2D eigenvalue weighted by molar-refractivity contribution is -0.0294. The van der Waals surface area contributed by atoms with Crippen LogP contribution in [0.4, 0.5) is 36.2 Å². The fourth-order valence-electron chi connectivity index (χ4n) is 6.28. The maximum atomic E-state index is 12.2. The Kier molecular flexibility index (Phi) is 22.9. The van der Waals surface area contributed by atoms with E-state index in [0.717, 1.165) is 42.6 Å². The molecule has 73 heavy (non-hydrogen) atoms. The number of carbonyl (C=O) groups excluding carboxylic acids is 4. The molecule has 0 unspecified atom stereocenters. The van der Waals surface area contributed by atoms with Crippen LogP contribution >= 0.6 is 31.9 Å². The first-order valence-corrected chi connectivity index (χ1v) is 26.0. The number of hydrogen-bond acceptors (Lipinski definition) is 12. The molecule has 17 heteroatoms. The predicted molar refractivity (Wildman–Crippen MR) is 304 cm³/mol. The molecule has 0 aromatic heterocycles. The third kappa shape index (κ3) is 25.2. The summed E-state index contributed by atoms with van der Waals surface area (Å²) in [6.45, 7) is 48.4. The summed E-state index contributed by atoms with van der Waals surface area (Å²) < 4.78 is 38.9. The second kappa shape index (κ2) is 25.0. The lowest BCUT2D eigenvalue weighted by Crippen LogP contribution is -2.41. The van der Waals surface area contributed by atoms with Crippen LogP contribution in [0.5, 0.6) is 0 Å². The topological polar surface area (TPSA) is 183 Å². The number of anilines is 3. The molecule has 0 saturated carbocycles. The molecule has 4 N–H and O–H groups in total. The largest absolute Gasteiger partial charge is 0.519 e. The molecule has 0 atom stereocenters. The summed E-state index contributed by atoms with van der Waals surface area (Å²) >= 11 is 6.89. The van der Waals surface area contributed by atoms with Crippen molar-refractivity contribution in [3.63, 3.8) is 0 Å². The number of amides is 2. The lowest BCUT2D eigenvalue weighted by atomic mass is 9.75. The van der Waals surface area contributed by atoms with Gasteiger partial charge >= 0.3 is 31.6 Å². The molecule has 3 aromatic carbocycles. The van der Waals surface area contributed by atoms with E-state index in [4.69, 9.17) is 34.0 Å². The standard InChI is InChI=1S/C21H34BNO4.C15H22BrNO2.C10H14BrN.C10H18O5/c1-18(2,3)15-13-14(22-26-20(7,8)21(9,10)27-22)11-12-16(15)23-17(24)25-19(4,5)6;1-14(2,3)11-9-10(16)7-8-12(11)17-13(18)19-15(4,5)6;1-10(2,3)8-6-7(11)4-5-9(8)12;1-9(2,3)14-7(11)13-8(12)15-10(4,5)6/h11-13H,1-10H3,(H,23,24);7-9H,1-6H3,(H,17,18);4-6H,12H2,1-3H3;1-6H3. The average molecular weight is 1150 g/mol. The summed E-state index contributed by atoms with van der Waals surface area (Å²) in [6, 6.07) is 17.7. The van der Waals surface area contributed by atoms with E-state index >= 15 is 0 Å². The fraction of sp³-hybridized carbons (Fsp3) is 0.607. The van der Waals surface area contributed by atoms with Crippen molar-refractivity contribution in [2.75, 3.05) is 16.4 Å². The van der Waals surface area contributed by atoms with Crippen LogP contribution in [0, 0.1) is 0 Å². The molecule has 1 aliphatic heterocycles. The number of nitrogen functional groups attached to an aromatic ring is 1. The van der Waals surface area contributed by atoms with Crippen molar-refractivity contribution < 1.29 is 52.2 Å². The van der Waals surface area contributed by atoms with E-state index in [1.807, 2.05) is 112 Å². The molecular weight excluding hydrogens is 1060 g/mol. The Morgan fingerprint density at radius 3 is 1.12 bits per heavy atom. The second-order valence-electron chi connectivity index (χ2n) is 25.8. The van der Waals surface area contributed by atoms with E-state index in [1.54, 1.807) is 41.5 Å². The highest BCUT2D eigenvalue weighted by Crippen LogP contribution is 2.38. The maximum absolute atomic E-state index is 12.2. The summed E-state index contributed by atoms with van der Waals surface area (Å²) in [7, 11) is -0.438. The van der Waals surface area contributed by atoms with Crippen LogP contribution < -0.4 is 21.8 Å². The number of halogens is 2. The minimum atomic E-state index is -1.06. The SMILES string of the molecule is CC(C)(C)OC(=O)Nc1ccc(B2OC(C)(C)C(C)(C)O2)cc1C(C)(C)C.CC(C)(C)OC(=O)Nc1ccc(Br)cc1C(C)(C)C.CC(C)(C)OC(=O)OC(=O)OC(C)(C)C.CC(C)(C)c1cc(Br)ccc1N. The van der Waals surface area contributed by atoms with E-state index in [0.29, 0.717) is 0 Å². The van der Waals surface area contributed by atoms with Gasteiger partial charge in [0.2, 0.25) is 0 Å². The van der Waals surface area contributed by atoms with E-state index < -0.39 is 65.2 Å². The number of rotatable bonds is 3. The Morgan fingerprint density at radius 1 is 0.479 bits per heavy atom. The molecule has 14 nitrogen and oxygen atoms in total. The Morgan fingerprint density at radius 2 is 0.795 bits per heavy atom. The molecule has 0 radical (unpaired) electrons. The molecule has 0 spiro atoms. The van der Waals surface area contributed by atoms with Crippen LogP contribution in [-0.2, 0) is 49.2 Å². The molecule has 2 amide bonds. The van der Waals surface area contributed by atoms with E-state index in [-0.39, 0.29) is 16.2 Å². The molecular formula is C56H88BBr2N3O11. The molecule has 1 saturated heterocycles. The maximum Gasteiger partial charge on any atom is 0.519 e. The number of ether oxygens (including phenoxy) is 5. The van der Waals surface area contributed by atoms with Gasteiger partial charge in [-0.15, -0.1) is 0 Å². The summed E-state index contributed by atoms with van der Waals surface area (Å²) in [4.78, 5) is 46.1. The zero-order valence-corrected chi connectivity index (χ0v) is 51.8. The number of carbonyl (C=O) groups is 4. The first-order chi connectivity index (χ1) is 32.4. The van der Waals surface area contributed by atoms with Crippen molar-refractivity contribution in [2.24, 2.45) is 0 Å². The summed E-state index contributed by atoms with van der Waals surface area (Å²) in [5.41, 5.74) is 9.08. The number of hydrogen-bond donors (Lipinski definition) is 3. The van der Waals surface area contributed by atoms with Gasteiger partial charge in [-0.05, 0) is 192 Å². The number of benzene rings is 3. The van der Waals surface area contributed by atoms with Gasteiger partial charge in [-0.3, -0.25) is 10.6 Å². The van der Waals surface area contributed by atoms with Gasteiger partial charge in [0, 0.05) is 26.0 Å². The summed E-state index contributed by atoms with van der Waals surface area (Å²) in [5, 5.41) is 5.70. The van der Waals surface area contributed by atoms with Crippen molar-refractivity contribution in [2.45, 2.75) is 223 Å². The van der Waals surface area contributed by atoms with Crippen LogP contribution in [0.25, 0.3) is 0 Å². The molecule has 410 valence electrons. The Labute approximate surface area is 455 Å². The van der Waals surface area contributed by atoms with E-state index in [1.165, 1.54) is 5.56 Å².